The van der Waals surface area contributed by atoms with Crippen LogP contribution in [0.15, 0.2) is 27.2 Å². The maximum Gasteiger partial charge on any atom is 0.259 e. The molecule has 0 aliphatic carbocycles. The van der Waals surface area contributed by atoms with Gasteiger partial charge in [0.15, 0.2) is 5.82 Å². The first kappa shape index (κ1) is 12.6. The standard InChI is InChI=1S/C13H14BrN3O2/c14-11-2-1-9(15)6-10(11)13-16-12(17-19-13)5-8-3-4-18-7-8/h1-2,6,8H,3-5,7,15H2. The Morgan fingerprint density at radius 3 is 3.11 bits per heavy atom. The number of aromatic nitrogens is 2. The van der Waals surface area contributed by atoms with Crippen molar-refractivity contribution >= 4 is 21.6 Å². The Hall–Kier alpha value is -1.40. The predicted octanol–water partition coefficient (Wildman–Crippen LogP) is 2.66. The van der Waals surface area contributed by atoms with Gasteiger partial charge < -0.3 is 15.0 Å². The van der Waals surface area contributed by atoms with Gasteiger partial charge in [-0.25, -0.2) is 0 Å². The van der Waals surface area contributed by atoms with Gasteiger partial charge in [0.1, 0.15) is 0 Å². The Morgan fingerprint density at radius 1 is 1.42 bits per heavy atom. The minimum absolute atomic E-state index is 0.494. The Morgan fingerprint density at radius 2 is 2.32 bits per heavy atom. The summed E-state index contributed by atoms with van der Waals surface area (Å²) < 4.78 is 11.5. The van der Waals surface area contributed by atoms with Crippen molar-refractivity contribution in [3.8, 4) is 11.5 Å². The second-order valence-electron chi connectivity index (χ2n) is 4.69. The van der Waals surface area contributed by atoms with Crippen LogP contribution in [0.4, 0.5) is 5.69 Å². The molecule has 1 aromatic carbocycles. The van der Waals surface area contributed by atoms with Gasteiger partial charge in [-0.2, -0.15) is 4.98 Å². The van der Waals surface area contributed by atoms with Crippen molar-refractivity contribution in [3.05, 3.63) is 28.5 Å². The number of benzene rings is 1. The molecular formula is C13H14BrN3O2. The molecule has 6 heteroatoms. The second-order valence-corrected chi connectivity index (χ2v) is 5.54. The highest BCUT2D eigenvalue weighted by Crippen LogP contribution is 2.29. The van der Waals surface area contributed by atoms with E-state index < -0.39 is 0 Å². The quantitative estimate of drug-likeness (QED) is 0.879. The zero-order chi connectivity index (χ0) is 13.2. The van der Waals surface area contributed by atoms with Crippen LogP contribution in [0.5, 0.6) is 0 Å². The first-order chi connectivity index (χ1) is 9.22. The normalized spacial score (nSPS) is 18.9. The number of anilines is 1. The summed E-state index contributed by atoms with van der Waals surface area (Å²) in [5, 5.41) is 4.02. The van der Waals surface area contributed by atoms with Gasteiger partial charge in [-0.15, -0.1) is 0 Å². The molecule has 2 N–H and O–H groups in total. The monoisotopic (exact) mass is 323 g/mol. The fourth-order valence-electron chi connectivity index (χ4n) is 2.16. The average Bonchev–Trinajstić information content (AvgIpc) is 3.04. The molecule has 19 heavy (non-hydrogen) atoms. The third-order valence-corrected chi connectivity index (χ3v) is 3.88. The van der Waals surface area contributed by atoms with Crippen LogP contribution in [0.1, 0.15) is 12.2 Å². The van der Waals surface area contributed by atoms with Gasteiger partial charge in [-0.1, -0.05) is 5.16 Å². The summed E-state index contributed by atoms with van der Waals surface area (Å²) in [4.78, 5) is 4.43. The molecule has 1 saturated heterocycles. The number of nitrogens with two attached hydrogens (primary N) is 1. The van der Waals surface area contributed by atoms with E-state index in [0.717, 1.165) is 41.9 Å². The average molecular weight is 324 g/mol. The Labute approximate surface area is 119 Å². The molecular weight excluding hydrogens is 310 g/mol. The van der Waals surface area contributed by atoms with E-state index in [2.05, 4.69) is 26.1 Å². The summed E-state index contributed by atoms with van der Waals surface area (Å²) >= 11 is 3.46. The van der Waals surface area contributed by atoms with Crippen LogP contribution in [-0.4, -0.2) is 23.4 Å². The largest absolute Gasteiger partial charge is 0.399 e. The van der Waals surface area contributed by atoms with E-state index in [9.17, 15) is 0 Å². The van der Waals surface area contributed by atoms with Gasteiger partial charge in [-0.05, 0) is 46.5 Å². The van der Waals surface area contributed by atoms with Crippen molar-refractivity contribution < 1.29 is 9.26 Å². The van der Waals surface area contributed by atoms with Crippen LogP contribution in [-0.2, 0) is 11.2 Å². The van der Waals surface area contributed by atoms with Crippen LogP contribution in [0.25, 0.3) is 11.5 Å². The maximum atomic E-state index is 5.78. The Kier molecular flexibility index (Phi) is 3.52. The van der Waals surface area contributed by atoms with Gasteiger partial charge in [0, 0.05) is 29.8 Å². The van der Waals surface area contributed by atoms with E-state index in [1.54, 1.807) is 0 Å². The molecule has 2 aromatic rings. The summed E-state index contributed by atoms with van der Waals surface area (Å²) in [6.07, 6.45) is 1.86. The lowest BCUT2D eigenvalue weighted by molar-refractivity contribution is 0.185. The topological polar surface area (TPSA) is 74.2 Å². The van der Waals surface area contributed by atoms with Crippen LogP contribution in [0, 0.1) is 5.92 Å². The molecule has 0 spiro atoms. The fraction of sp³-hybridized carbons (Fsp3) is 0.385. The van der Waals surface area contributed by atoms with Crippen molar-refractivity contribution in [1.29, 1.82) is 0 Å². The van der Waals surface area contributed by atoms with Crippen molar-refractivity contribution in [2.75, 3.05) is 18.9 Å². The first-order valence-electron chi connectivity index (χ1n) is 6.18. The van der Waals surface area contributed by atoms with E-state index in [1.807, 2.05) is 18.2 Å². The zero-order valence-corrected chi connectivity index (χ0v) is 11.9. The Balaban J connectivity index is 1.82. The third kappa shape index (κ3) is 2.79. The molecule has 1 atom stereocenters. The molecule has 3 rings (SSSR count). The lowest BCUT2D eigenvalue weighted by Crippen LogP contribution is -2.04. The van der Waals surface area contributed by atoms with Crippen molar-refractivity contribution in [2.24, 2.45) is 5.92 Å². The lowest BCUT2D eigenvalue weighted by atomic mass is 10.1. The third-order valence-electron chi connectivity index (χ3n) is 3.18. The molecule has 1 unspecified atom stereocenters. The highest BCUT2D eigenvalue weighted by Gasteiger charge is 2.20. The molecule has 1 fully saturated rings. The van der Waals surface area contributed by atoms with Crippen molar-refractivity contribution in [3.63, 3.8) is 0 Å². The van der Waals surface area contributed by atoms with E-state index in [-0.39, 0.29) is 0 Å². The molecule has 100 valence electrons. The number of rotatable bonds is 3. The fourth-order valence-corrected chi connectivity index (χ4v) is 2.57. The van der Waals surface area contributed by atoms with Crippen LogP contribution in [0.2, 0.25) is 0 Å². The summed E-state index contributed by atoms with van der Waals surface area (Å²) in [5.74, 6) is 1.71. The molecule has 0 amide bonds. The summed E-state index contributed by atoms with van der Waals surface area (Å²) in [7, 11) is 0. The number of hydrogen-bond donors (Lipinski definition) is 1. The van der Waals surface area contributed by atoms with Crippen LogP contribution < -0.4 is 5.73 Å². The number of nitrogens with zero attached hydrogens (tertiary/aromatic N) is 2. The van der Waals surface area contributed by atoms with Crippen LogP contribution >= 0.6 is 15.9 Å². The van der Waals surface area contributed by atoms with Gasteiger partial charge >= 0.3 is 0 Å². The van der Waals surface area contributed by atoms with Gasteiger partial charge in [0.25, 0.3) is 5.89 Å². The molecule has 1 aliphatic heterocycles. The number of nitrogen functional groups attached to an aromatic ring is 1. The number of ether oxygens (including phenoxy) is 1. The summed E-state index contributed by atoms with van der Waals surface area (Å²) in [5.41, 5.74) is 7.27. The van der Waals surface area contributed by atoms with Gasteiger partial charge in [0.2, 0.25) is 0 Å². The molecule has 2 heterocycles. The summed E-state index contributed by atoms with van der Waals surface area (Å²) in [6, 6.07) is 5.51. The second kappa shape index (κ2) is 5.30. The first-order valence-corrected chi connectivity index (χ1v) is 6.97. The van der Waals surface area contributed by atoms with E-state index in [1.165, 1.54) is 0 Å². The minimum Gasteiger partial charge on any atom is -0.399 e. The lowest BCUT2D eigenvalue weighted by Gasteiger charge is -2.01. The summed E-state index contributed by atoms with van der Waals surface area (Å²) in [6.45, 7) is 1.61. The zero-order valence-electron chi connectivity index (χ0n) is 10.3. The SMILES string of the molecule is Nc1ccc(Br)c(-c2nc(CC3CCOC3)no2)c1. The highest BCUT2D eigenvalue weighted by atomic mass is 79.9. The van der Waals surface area contributed by atoms with E-state index in [4.69, 9.17) is 15.0 Å². The molecule has 0 radical (unpaired) electrons. The highest BCUT2D eigenvalue weighted by molar-refractivity contribution is 9.10. The smallest absolute Gasteiger partial charge is 0.259 e. The predicted molar refractivity (Wildman–Crippen MR) is 74.5 cm³/mol. The minimum atomic E-state index is 0.494. The molecule has 0 bridgehead atoms. The van der Waals surface area contributed by atoms with E-state index in [0.29, 0.717) is 17.5 Å². The number of hydrogen-bond acceptors (Lipinski definition) is 5. The van der Waals surface area contributed by atoms with Gasteiger partial charge in [0.05, 0.1) is 5.56 Å². The molecule has 5 nitrogen and oxygen atoms in total. The molecule has 1 aromatic heterocycles. The van der Waals surface area contributed by atoms with Crippen molar-refractivity contribution in [2.45, 2.75) is 12.8 Å². The maximum absolute atomic E-state index is 5.78. The molecule has 0 saturated carbocycles. The molecule has 1 aliphatic rings. The van der Waals surface area contributed by atoms with E-state index >= 15 is 0 Å². The Bertz CT molecular complexity index is 579. The van der Waals surface area contributed by atoms with Gasteiger partial charge in [-0.3, -0.25) is 0 Å². The number of halogens is 1. The van der Waals surface area contributed by atoms with Crippen LogP contribution in [0.3, 0.4) is 0 Å². The van der Waals surface area contributed by atoms with Crippen molar-refractivity contribution in [1.82, 2.24) is 10.1 Å².